The lowest BCUT2D eigenvalue weighted by Gasteiger charge is -2.46. The number of carbonyl (C=O) groups excluding carboxylic acids is 2. The van der Waals surface area contributed by atoms with Crippen molar-refractivity contribution in [3.8, 4) is 0 Å². The van der Waals surface area contributed by atoms with Gasteiger partial charge in [-0.3, -0.25) is 19.4 Å². The highest BCUT2D eigenvalue weighted by Gasteiger charge is 2.48. The number of anilines is 1. The third kappa shape index (κ3) is 7.92. The van der Waals surface area contributed by atoms with Gasteiger partial charge in [0.1, 0.15) is 43.1 Å². The number of rotatable bonds is 12. The van der Waals surface area contributed by atoms with E-state index in [1.165, 1.54) is 10.9 Å². The molecule has 20 heteroatoms. The van der Waals surface area contributed by atoms with Crippen LogP contribution >= 0.6 is 0 Å². The Morgan fingerprint density at radius 2 is 1.84 bits per heavy atom. The number of aliphatic hydroxyl groups excluding tert-OH is 4. The molecule has 1 saturated heterocycles. The molecular weight excluding hydrogens is 598 g/mol. The van der Waals surface area contributed by atoms with Crippen molar-refractivity contribution in [3.63, 3.8) is 0 Å². The van der Waals surface area contributed by atoms with E-state index in [9.17, 15) is 34.8 Å². The van der Waals surface area contributed by atoms with Gasteiger partial charge in [-0.2, -0.15) is 4.98 Å². The normalized spacial score (nSPS) is 32.7. The summed E-state index contributed by atoms with van der Waals surface area (Å²) in [6.45, 7) is -0.276. The van der Waals surface area contributed by atoms with E-state index in [2.05, 4.69) is 25.6 Å². The number of fused-ring (bicyclic) bond motifs is 1. The van der Waals surface area contributed by atoms with Crippen molar-refractivity contribution in [1.29, 1.82) is 0 Å². The zero-order chi connectivity index (χ0) is 33.0. The lowest BCUT2D eigenvalue weighted by Crippen LogP contribution is -2.67. The van der Waals surface area contributed by atoms with E-state index in [1.807, 2.05) is 0 Å². The highest BCUT2D eigenvalue weighted by molar-refractivity contribution is 5.88. The standard InChI is InChI=1S/C25H43N11O9/c26-4-2-1-3-11(33-13(37)7-36-8-32-15-21(36)34-25(30)35-23(15)43)22(42)31-6-12-17(39)18(40)14(29)24(44-12)45-20-10(28)5-9(27)16(38)19(20)41/h8-12,14,16-20,24,38-41H,1-7,26-29H2,(H,31,42)(H,33,37)(H3,30,34,35,43)/t9?,10?,11-,12+,14+,16?,17+,18+,19?,20?,24+/m0/s1. The van der Waals surface area contributed by atoms with Gasteiger partial charge in [-0.25, -0.2) is 4.98 Å². The molecular formula is C25H43N11O9. The van der Waals surface area contributed by atoms with Gasteiger partial charge in [-0.1, -0.05) is 0 Å². The zero-order valence-electron chi connectivity index (χ0n) is 24.4. The van der Waals surface area contributed by atoms with E-state index >= 15 is 0 Å². The average molecular weight is 642 g/mol. The minimum absolute atomic E-state index is 0.01000. The minimum atomic E-state index is -1.55. The van der Waals surface area contributed by atoms with Gasteiger partial charge in [0.05, 0.1) is 18.5 Å². The first-order valence-electron chi connectivity index (χ1n) is 14.6. The average Bonchev–Trinajstić information content (AvgIpc) is 3.39. The van der Waals surface area contributed by atoms with Gasteiger partial charge in [-0.15, -0.1) is 0 Å². The Kier molecular flexibility index (Phi) is 11.4. The smallest absolute Gasteiger partial charge is 0.280 e. The van der Waals surface area contributed by atoms with Gasteiger partial charge in [0.2, 0.25) is 17.8 Å². The fourth-order valence-corrected chi connectivity index (χ4v) is 5.44. The molecule has 0 radical (unpaired) electrons. The Morgan fingerprint density at radius 1 is 1.11 bits per heavy atom. The number of aromatic amines is 1. The summed E-state index contributed by atoms with van der Waals surface area (Å²) in [5.74, 6) is -1.36. The molecule has 3 heterocycles. The van der Waals surface area contributed by atoms with Gasteiger partial charge in [-0.05, 0) is 32.2 Å². The van der Waals surface area contributed by atoms with Gasteiger partial charge in [0.15, 0.2) is 17.5 Å². The van der Waals surface area contributed by atoms with Crippen LogP contribution in [-0.4, -0.2) is 132 Å². The number of nitrogens with one attached hydrogen (secondary N) is 3. The Bertz CT molecular complexity index is 1380. The molecule has 2 aromatic heterocycles. The summed E-state index contributed by atoms with van der Waals surface area (Å²) in [4.78, 5) is 48.5. The van der Waals surface area contributed by atoms with Gasteiger partial charge >= 0.3 is 0 Å². The lowest BCUT2D eigenvalue weighted by atomic mass is 9.84. The molecule has 0 aromatic carbocycles. The topological polar surface area (TPSA) is 351 Å². The number of imidazole rings is 1. The summed E-state index contributed by atoms with van der Waals surface area (Å²) in [5, 5.41) is 47.1. The maximum Gasteiger partial charge on any atom is 0.280 e. The van der Waals surface area contributed by atoms with E-state index in [0.717, 1.165) is 0 Å². The number of aliphatic hydroxyl groups is 4. The first-order chi connectivity index (χ1) is 21.3. The predicted molar refractivity (Wildman–Crippen MR) is 157 cm³/mol. The van der Waals surface area contributed by atoms with Crippen molar-refractivity contribution >= 4 is 28.9 Å². The molecule has 20 nitrogen and oxygen atoms in total. The highest BCUT2D eigenvalue weighted by Crippen LogP contribution is 2.27. The highest BCUT2D eigenvalue weighted by atomic mass is 16.7. The van der Waals surface area contributed by atoms with E-state index in [0.29, 0.717) is 19.4 Å². The van der Waals surface area contributed by atoms with Crippen molar-refractivity contribution < 1.29 is 39.5 Å². The van der Waals surface area contributed by atoms with Crippen LogP contribution in [0, 0.1) is 0 Å². The molecule has 2 fully saturated rings. The number of carbonyl (C=O) groups is 2. The first kappa shape index (κ1) is 34.6. The first-order valence-corrected chi connectivity index (χ1v) is 14.6. The number of nitrogens with zero attached hydrogens (tertiary/aromatic N) is 3. The number of hydrogen-bond acceptors (Lipinski definition) is 16. The summed E-state index contributed by atoms with van der Waals surface area (Å²) in [6, 6.07) is -3.85. The maximum absolute atomic E-state index is 13.2. The monoisotopic (exact) mass is 641 g/mol. The molecule has 252 valence electrons. The number of nitrogens with two attached hydrogens (primary N) is 5. The second-order valence-corrected chi connectivity index (χ2v) is 11.4. The molecule has 45 heavy (non-hydrogen) atoms. The molecule has 0 spiro atoms. The van der Waals surface area contributed by atoms with Gasteiger partial charge < -0.3 is 73.8 Å². The molecule has 1 saturated carbocycles. The predicted octanol–water partition coefficient (Wildman–Crippen LogP) is -6.63. The van der Waals surface area contributed by atoms with Gasteiger partial charge in [0, 0.05) is 18.6 Å². The number of unbranched alkanes of at least 4 members (excludes halogenated alkanes) is 1. The molecule has 4 rings (SSSR count). The van der Waals surface area contributed by atoms with Crippen LogP contribution in [0.5, 0.6) is 0 Å². The molecule has 2 aliphatic rings. The number of aromatic nitrogens is 4. The molecule has 1 aliphatic carbocycles. The zero-order valence-corrected chi connectivity index (χ0v) is 24.4. The maximum atomic E-state index is 13.2. The minimum Gasteiger partial charge on any atom is -0.389 e. The van der Waals surface area contributed by atoms with Crippen LogP contribution < -0.4 is 44.9 Å². The van der Waals surface area contributed by atoms with Crippen LogP contribution in [0.1, 0.15) is 25.7 Å². The summed E-state index contributed by atoms with van der Waals surface area (Å²) < 4.78 is 12.9. The summed E-state index contributed by atoms with van der Waals surface area (Å²) >= 11 is 0. The van der Waals surface area contributed by atoms with E-state index < -0.39 is 84.5 Å². The van der Waals surface area contributed by atoms with Crippen LogP contribution in [0.2, 0.25) is 0 Å². The molecule has 2 amide bonds. The van der Waals surface area contributed by atoms with Crippen LogP contribution in [0.3, 0.4) is 0 Å². The Morgan fingerprint density at radius 3 is 2.56 bits per heavy atom. The van der Waals surface area contributed by atoms with Crippen molar-refractivity contribution in [1.82, 2.24) is 30.2 Å². The second-order valence-electron chi connectivity index (χ2n) is 11.4. The third-order valence-corrected chi connectivity index (χ3v) is 8.01. The Labute approximate surface area is 256 Å². The van der Waals surface area contributed by atoms with Crippen molar-refractivity contribution in [2.45, 2.75) is 99.3 Å². The molecule has 2 aromatic rings. The van der Waals surface area contributed by atoms with E-state index in [-0.39, 0.29) is 43.0 Å². The largest absolute Gasteiger partial charge is 0.389 e. The van der Waals surface area contributed by atoms with Crippen molar-refractivity contribution in [2.24, 2.45) is 22.9 Å². The summed E-state index contributed by atoms with van der Waals surface area (Å²) in [5.41, 5.74) is 28.6. The van der Waals surface area contributed by atoms with Crippen molar-refractivity contribution in [3.05, 3.63) is 16.7 Å². The number of nitrogen functional groups attached to an aromatic ring is 1. The fourth-order valence-electron chi connectivity index (χ4n) is 5.44. The van der Waals surface area contributed by atoms with Crippen molar-refractivity contribution in [2.75, 3.05) is 18.8 Å². The molecule has 1 aliphatic heterocycles. The second kappa shape index (κ2) is 14.9. The number of H-pyrrole nitrogens is 1. The molecule has 17 N–H and O–H groups in total. The molecule has 11 atom stereocenters. The Balaban J connectivity index is 1.40. The number of ether oxygens (including phenoxy) is 2. The molecule has 0 bridgehead atoms. The lowest BCUT2D eigenvalue weighted by molar-refractivity contribution is -0.288. The van der Waals surface area contributed by atoms with E-state index in [4.69, 9.17) is 38.1 Å². The fraction of sp³-hybridized carbons (Fsp3) is 0.720. The molecule has 5 unspecified atom stereocenters. The Hall–Kier alpha value is -3.31. The van der Waals surface area contributed by atoms with Crippen LogP contribution in [0.15, 0.2) is 11.1 Å². The van der Waals surface area contributed by atoms with Crippen LogP contribution in [-0.2, 0) is 25.6 Å². The van der Waals surface area contributed by atoms with Gasteiger partial charge in [0.25, 0.3) is 5.56 Å². The third-order valence-electron chi connectivity index (χ3n) is 8.01. The number of hydrogen-bond donors (Lipinski definition) is 12. The summed E-state index contributed by atoms with van der Waals surface area (Å²) in [7, 11) is 0. The van der Waals surface area contributed by atoms with Crippen LogP contribution in [0.25, 0.3) is 11.2 Å². The quantitative estimate of drug-likeness (QED) is 0.0958. The number of amides is 2. The summed E-state index contributed by atoms with van der Waals surface area (Å²) in [6.07, 6.45) is -6.92. The SMILES string of the molecule is NCCCC[C@H](NC(=O)Cn1cnc2c(=O)[nH]c(N)nc21)C(=O)NC[C@H]1O[C@H](OC2C(N)CC(N)C(O)C2O)[C@H](N)[C@@H](O)[C@@H]1O. The van der Waals surface area contributed by atoms with E-state index in [1.54, 1.807) is 0 Å². The van der Waals surface area contributed by atoms with Crippen LogP contribution in [0.4, 0.5) is 5.95 Å².